The van der Waals surface area contributed by atoms with Crippen LogP contribution < -0.4 is 15.5 Å². The molecule has 2 aromatic rings. The number of hydrogen-bond donors (Lipinski definition) is 2. The van der Waals surface area contributed by atoms with Gasteiger partial charge in [0.1, 0.15) is 5.69 Å². The molecule has 0 saturated carbocycles. The molecule has 6 nitrogen and oxygen atoms in total. The van der Waals surface area contributed by atoms with E-state index in [0.29, 0.717) is 16.2 Å². The molecule has 1 unspecified atom stereocenters. The Morgan fingerprint density at radius 3 is 2.89 bits per heavy atom. The molecule has 0 aliphatic carbocycles. The molecule has 0 radical (unpaired) electrons. The third-order valence-corrected chi connectivity index (χ3v) is 6.36. The maximum atomic E-state index is 12.7. The molecule has 2 N–H and O–H groups in total. The van der Waals surface area contributed by atoms with Crippen LogP contribution in [0, 0.1) is 0 Å². The highest BCUT2D eigenvalue weighted by Gasteiger charge is 2.25. The number of para-hydroxylation sites is 1. The van der Waals surface area contributed by atoms with Crippen LogP contribution in [-0.4, -0.2) is 43.7 Å². The molecular formula is C19H23BrN4O2S. The molecule has 0 bridgehead atoms. The van der Waals surface area contributed by atoms with E-state index in [-0.39, 0.29) is 11.9 Å². The summed E-state index contributed by atoms with van der Waals surface area (Å²) < 4.78 is 6.40. The van der Waals surface area contributed by atoms with E-state index in [1.165, 1.54) is 36.2 Å². The Bertz CT molecular complexity index is 801. The number of carbonyl (C=O) groups excluding carboxylic acids is 1. The monoisotopic (exact) mass is 450 g/mol. The highest BCUT2D eigenvalue weighted by molar-refractivity contribution is 9.11. The maximum absolute atomic E-state index is 12.7. The number of rotatable bonds is 4. The second-order valence-electron chi connectivity index (χ2n) is 6.81. The summed E-state index contributed by atoms with van der Waals surface area (Å²) in [5.74, 6) is -0.180. The van der Waals surface area contributed by atoms with Gasteiger partial charge in [-0.15, -0.1) is 11.3 Å². The molecule has 0 spiro atoms. The second-order valence-corrected chi connectivity index (χ2v) is 8.95. The molecule has 2 aliphatic heterocycles. The zero-order valence-electron chi connectivity index (χ0n) is 15.0. The molecule has 4 rings (SSSR count). The van der Waals surface area contributed by atoms with E-state index < -0.39 is 0 Å². The quantitative estimate of drug-likeness (QED) is 0.740. The topological polar surface area (TPSA) is 66.5 Å². The molecule has 1 aromatic carbocycles. The molecule has 1 atom stereocenters. The van der Waals surface area contributed by atoms with E-state index in [1.807, 2.05) is 12.1 Å². The standard InChI is InChI=1S/C19H23BrN4O2S/c20-19-23-16(12-27-19)18(25)22-14-6-4-5-13(15-11-26-10-7-21-15)17(14)24-8-2-1-3-9-24/h4-6,12,15,21H,1-3,7-11H2,(H,22,25). The molecule has 1 aromatic heterocycles. The number of piperidine rings is 1. The Hall–Kier alpha value is -1.48. The predicted molar refractivity (Wildman–Crippen MR) is 112 cm³/mol. The van der Waals surface area contributed by atoms with Gasteiger partial charge in [-0.25, -0.2) is 4.98 Å². The van der Waals surface area contributed by atoms with Gasteiger partial charge < -0.3 is 20.3 Å². The number of aromatic nitrogens is 1. The van der Waals surface area contributed by atoms with Crippen LogP contribution in [0.4, 0.5) is 11.4 Å². The van der Waals surface area contributed by atoms with Gasteiger partial charge in [0, 0.05) is 25.0 Å². The summed E-state index contributed by atoms with van der Waals surface area (Å²) in [5, 5.41) is 8.40. The van der Waals surface area contributed by atoms with Gasteiger partial charge in [-0.05, 0) is 46.8 Å². The van der Waals surface area contributed by atoms with Gasteiger partial charge in [0.05, 0.1) is 30.6 Å². The largest absolute Gasteiger partial charge is 0.378 e. The van der Waals surface area contributed by atoms with E-state index in [2.05, 4.69) is 42.5 Å². The molecule has 8 heteroatoms. The highest BCUT2D eigenvalue weighted by Crippen LogP contribution is 2.36. The number of ether oxygens (including phenoxy) is 1. The molecule has 1 amide bonds. The number of morpholine rings is 1. The lowest BCUT2D eigenvalue weighted by molar-refractivity contribution is 0.0770. The van der Waals surface area contributed by atoms with Crippen LogP contribution in [0.1, 0.15) is 41.4 Å². The van der Waals surface area contributed by atoms with Gasteiger partial charge in [0.2, 0.25) is 0 Å². The Morgan fingerprint density at radius 1 is 1.33 bits per heavy atom. The molecule has 144 valence electrons. The number of halogens is 1. The first-order chi connectivity index (χ1) is 13.2. The van der Waals surface area contributed by atoms with Crippen LogP contribution in [0.2, 0.25) is 0 Å². The summed E-state index contributed by atoms with van der Waals surface area (Å²) in [6.07, 6.45) is 3.61. The normalized spacial score (nSPS) is 20.5. The summed E-state index contributed by atoms with van der Waals surface area (Å²) in [4.78, 5) is 19.3. The first-order valence-electron chi connectivity index (χ1n) is 9.34. The molecule has 3 heterocycles. The van der Waals surface area contributed by atoms with Gasteiger partial charge in [0.15, 0.2) is 3.92 Å². The summed E-state index contributed by atoms with van der Waals surface area (Å²) in [6, 6.07) is 6.27. The fourth-order valence-electron chi connectivity index (χ4n) is 3.72. The van der Waals surface area contributed by atoms with Crippen molar-refractivity contribution in [3.05, 3.63) is 38.8 Å². The number of hydrogen-bond acceptors (Lipinski definition) is 6. The first kappa shape index (κ1) is 18.9. The first-order valence-corrected chi connectivity index (χ1v) is 11.0. The predicted octanol–water partition coefficient (Wildman–Crippen LogP) is 3.81. The lowest BCUT2D eigenvalue weighted by atomic mass is 9.99. The Morgan fingerprint density at radius 2 is 2.19 bits per heavy atom. The number of amides is 1. The minimum absolute atomic E-state index is 0.140. The van der Waals surface area contributed by atoms with Gasteiger partial charge in [-0.1, -0.05) is 12.1 Å². The van der Waals surface area contributed by atoms with E-state index in [1.54, 1.807) is 5.38 Å². The molecular weight excluding hydrogens is 428 g/mol. The fraction of sp³-hybridized carbons (Fsp3) is 0.474. The lowest BCUT2D eigenvalue weighted by Crippen LogP contribution is -2.37. The lowest BCUT2D eigenvalue weighted by Gasteiger charge is -2.35. The van der Waals surface area contributed by atoms with E-state index in [9.17, 15) is 4.79 Å². The zero-order chi connectivity index (χ0) is 18.6. The van der Waals surface area contributed by atoms with Crippen LogP contribution in [0.25, 0.3) is 0 Å². The van der Waals surface area contributed by atoms with E-state index >= 15 is 0 Å². The average Bonchev–Trinajstić information content (AvgIpc) is 3.16. The fourth-order valence-corrected chi connectivity index (χ4v) is 4.71. The van der Waals surface area contributed by atoms with Crippen molar-refractivity contribution < 1.29 is 9.53 Å². The van der Waals surface area contributed by atoms with Crippen LogP contribution in [0.3, 0.4) is 0 Å². The number of nitrogens with one attached hydrogen (secondary N) is 2. The van der Waals surface area contributed by atoms with E-state index in [0.717, 1.165) is 37.6 Å². The third-order valence-electron chi connectivity index (χ3n) is 4.99. The van der Waals surface area contributed by atoms with Crippen molar-refractivity contribution in [2.75, 3.05) is 43.1 Å². The van der Waals surface area contributed by atoms with Crippen molar-refractivity contribution in [2.24, 2.45) is 0 Å². The van der Waals surface area contributed by atoms with E-state index in [4.69, 9.17) is 4.74 Å². The number of thiazole rings is 1. The van der Waals surface area contributed by atoms with Crippen molar-refractivity contribution in [1.29, 1.82) is 0 Å². The average molecular weight is 451 g/mol. The van der Waals surface area contributed by atoms with Crippen LogP contribution in [0.5, 0.6) is 0 Å². The number of anilines is 2. The summed E-state index contributed by atoms with van der Waals surface area (Å²) in [6.45, 7) is 4.25. The van der Waals surface area contributed by atoms with Crippen molar-refractivity contribution in [1.82, 2.24) is 10.3 Å². The second kappa shape index (κ2) is 8.68. The molecule has 27 heavy (non-hydrogen) atoms. The summed E-state index contributed by atoms with van der Waals surface area (Å²) >= 11 is 4.73. The van der Waals surface area contributed by atoms with Gasteiger partial charge in [0.25, 0.3) is 5.91 Å². The van der Waals surface area contributed by atoms with Crippen molar-refractivity contribution in [3.63, 3.8) is 0 Å². The maximum Gasteiger partial charge on any atom is 0.275 e. The van der Waals surface area contributed by atoms with Crippen molar-refractivity contribution in [2.45, 2.75) is 25.3 Å². The third kappa shape index (κ3) is 4.34. The van der Waals surface area contributed by atoms with Crippen LogP contribution in [0.15, 0.2) is 27.5 Å². The minimum Gasteiger partial charge on any atom is -0.378 e. The van der Waals surface area contributed by atoms with Crippen LogP contribution in [-0.2, 0) is 4.74 Å². The van der Waals surface area contributed by atoms with Crippen molar-refractivity contribution >= 4 is 44.5 Å². The smallest absolute Gasteiger partial charge is 0.275 e. The number of nitrogens with zero attached hydrogens (tertiary/aromatic N) is 2. The van der Waals surface area contributed by atoms with Gasteiger partial charge >= 0.3 is 0 Å². The highest BCUT2D eigenvalue weighted by atomic mass is 79.9. The van der Waals surface area contributed by atoms with Gasteiger partial charge in [-0.3, -0.25) is 4.79 Å². The van der Waals surface area contributed by atoms with Crippen molar-refractivity contribution in [3.8, 4) is 0 Å². The molecule has 2 aliphatic rings. The summed E-state index contributed by atoms with van der Waals surface area (Å²) in [7, 11) is 0. The summed E-state index contributed by atoms with van der Waals surface area (Å²) in [5.41, 5.74) is 3.58. The Kier molecular flexibility index (Phi) is 6.07. The zero-order valence-corrected chi connectivity index (χ0v) is 17.4. The van der Waals surface area contributed by atoms with Crippen LogP contribution >= 0.6 is 27.3 Å². The Balaban J connectivity index is 1.67. The molecule has 2 saturated heterocycles. The minimum atomic E-state index is -0.180. The number of carbonyl (C=O) groups is 1. The Labute approximate surface area is 171 Å². The van der Waals surface area contributed by atoms with Gasteiger partial charge in [-0.2, -0.15) is 0 Å². The SMILES string of the molecule is O=C(Nc1cccc(C2COCCN2)c1N1CCCCC1)c1csc(Br)n1. The molecule has 2 fully saturated rings. The number of benzene rings is 1.